The van der Waals surface area contributed by atoms with E-state index in [0.29, 0.717) is 5.56 Å². The molecule has 0 bridgehead atoms. The highest BCUT2D eigenvalue weighted by atomic mass is 79.9. The first-order valence-electron chi connectivity index (χ1n) is 6.05. The van der Waals surface area contributed by atoms with E-state index in [9.17, 15) is 4.79 Å². The molecule has 0 N–H and O–H groups in total. The molecule has 0 atom stereocenters. The monoisotopic (exact) mass is 333 g/mol. The van der Waals surface area contributed by atoms with Gasteiger partial charge in [-0.2, -0.15) is 0 Å². The van der Waals surface area contributed by atoms with E-state index in [1.807, 2.05) is 47.4 Å². The summed E-state index contributed by atoms with van der Waals surface area (Å²) < 4.78 is 0.843. The fraction of sp³-hybridized carbons (Fsp3) is 0.133. The fourth-order valence-electron chi connectivity index (χ4n) is 2.16. The fourth-order valence-corrected chi connectivity index (χ4v) is 3.61. The van der Waals surface area contributed by atoms with E-state index in [4.69, 9.17) is 0 Å². The van der Waals surface area contributed by atoms with E-state index < -0.39 is 0 Å². The van der Waals surface area contributed by atoms with Gasteiger partial charge in [0.05, 0.1) is 11.3 Å². The summed E-state index contributed by atoms with van der Waals surface area (Å²) in [6.45, 7) is 0.752. The molecule has 19 heavy (non-hydrogen) atoms. The number of nitrogens with zero attached hydrogens (tertiary/aromatic N) is 1. The molecule has 2 aromatic rings. The molecule has 2 aromatic carbocycles. The highest BCUT2D eigenvalue weighted by Crippen LogP contribution is 2.35. The number of benzene rings is 2. The predicted octanol–water partition coefficient (Wildman–Crippen LogP) is 4.20. The van der Waals surface area contributed by atoms with Crippen LogP contribution in [-0.2, 0) is 0 Å². The van der Waals surface area contributed by atoms with Gasteiger partial charge in [-0.1, -0.05) is 24.3 Å². The van der Waals surface area contributed by atoms with Crippen LogP contribution in [0.5, 0.6) is 0 Å². The minimum atomic E-state index is 0.0558. The molecule has 0 spiro atoms. The molecule has 1 heterocycles. The molecular formula is C15H12BrNOS. The predicted molar refractivity (Wildman–Crippen MR) is 83.0 cm³/mol. The Kier molecular flexibility index (Phi) is 3.62. The van der Waals surface area contributed by atoms with Crippen LogP contribution in [0.25, 0.3) is 0 Å². The van der Waals surface area contributed by atoms with Crippen LogP contribution in [0, 0.1) is 0 Å². The van der Waals surface area contributed by atoms with Crippen molar-refractivity contribution in [3.05, 3.63) is 58.6 Å². The Balaban J connectivity index is 2.00. The first kappa shape index (κ1) is 12.8. The average molecular weight is 334 g/mol. The third-order valence-electron chi connectivity index (χ3n) is 3.08. The van der Waals surface area contributed by atoms with E-state index >= 15 is 0 Å². The number of para-hydroxylation sites is 1. The van der Waals surface area contributed by atoms with Crippen molar-refractivity contribution in [1.29, 1.82) is 0 Å². The van der Waals surface area contributed by atoms with E-state index in [-0.39, 0.29) is 5.91 Å². The van der Waals surface area contributed by atoms with Gasteiger partial charge >= 0.3 is 0 Å². The number of hydrogen-bond donors (Lipinski definition) is 0. The molecule has 0 aromatic heterocycles. The largest absolute Gasteiger partial charge is 0.306 e. The third kappa shape index (κ3) is 2.42. The van der Waals surface area contributed by atoms with Crippen LogP contribution in [-0.4, -0.2) is 18.2 Å². The highest BCUT2D eigenvalue weighted by Gasteiger charge is 2.24. The lowest BCUT2D eigenvalue weighted by Gasteiger charge is -2.29. The second-order valence-electron chi connectivity index (χ2n) is 4.25. The summed E-state index contributed by atoms with van der Waals surface area (Å²) in [5.74, 6) is 0.993. The zero-order valence-electron chi connectivity index (χ0n) is 10.2. The Morgan fingerprint density at radius 1 is 1.11 bits per heavy atom. The standard InChI is InChI=1S/C15H12BrNOS/c16-12-6-2-1-5-11(12)15(18)17-9-10-19-14-8-4-3-7-13(14)17/h1-8H,9-10H2. The summed E-state index contributed by atoms with van der Waals surface area (Å²) in [7, 11) is 0. The first-order valence-corrected chi connectivity index (χ1v) is 7.83. The molecule has 4 heteroatoms. The number of carbonyl (C=O) groups is 1. The molecule has 0 radical (unpaired) electrons. The van der Waals surface area contributed by atoms with Gasteiger partial charge < -0.3 is 4.90 Å². The van der Waals surface area contributed by atoms with Crippen LogP contribution >= 0.6 is 27.7 Å². The van der Waals surface area contributed by atoms with Crippen molar-refractivity contribution in [1.82, 2.24) is 0 Å². The molecule has 2 nitrogen and oxygen atoms in total. The number of hydrogen-bond acceptors (Lipinski definition) is 2. The summed E-state index contributed by atoms with van der Waals surface area (Å²) in [4.78, 5) is 15.7. The zero-order valence-corrected chi connectivity index (χ0v) is 12.6. The lowest BCUT2D eigenvalue weighted by Crippen LogP contribution is -2.35. The van der Waals surface area contributed by atoms with Gasteiger partial charge in [0.25, 0.3) is 5.91 Å². The molecule has 1 aliphatic rings. The quantitative estimate of drug-likeness (QED) is 0.779. The molecule has 96 valence electrons. The summed E-state index contributed by atoms with van der Waals surface area (Å²) in [6.07, 6.45) is 0. The number of thioether (sulfide) groups is 1. The van der Waals surface area contributed by atoms with Gasteiger partial charge in [0.2, 0.25) is 0 Å². The van der Waals surface area contributed by atoms with Crippen LogP contribution in [0.2, 0.25) is 0 Å². The van der Waals surface area contributed by atoms with Crippen LogP contribution in [0.1, 0.15) is 10.4 Å². The molecule has 0 aliphatic carbocycles. The van der Waals surface area contributed by atoms with E-state index in [1.54, 1.807) is 11.8 Å². The molecule has 1 aliphatic heterocycles. The molecule has 0 unspecified atom stereocenters. The minimum Gasteiger partial charge on any atom is -0.306 e. The number of fused-ring (bicyclic) bond motifs is 1. The van der Waals surface area contributed by atoms with Crippen molar-refractivity contribution in [2.24, 2.45) is 0 Å². The van der Waals surface area contributed by atoms with Gasteiger partial charge in [-0.05, 0) is 40.2 Å². The van der Waals surface area contributed by atoms with Gasteiger partial charge in [0, 0.05) is 21.7 Å². The summed E-state index contributed by atoms with van der Waals surface area (Å²) in [5.41, 5.74) is 1.73. The van der Waals surface area contributed by atoms with Crippen molar-refractivity contribution in [2.45, 2.75) is 4.90 Å². The van der Waals surface area contributed by atoms with Gasteiger partial charge in [0.1, 0.15) is 0 Å². The first-order chi connectivity index (χ1) is 9.27. The van der Waals surface area contributed by atoms with E-state index in [1.165, 1.54) is 4.90 Å². The summed E-state index contributed by atoms with van der Waals surface area (Å²) >= 11 is 5.25. The lowest BCUT2D eigenvalue weighted by molar-refractivity contribution is 0.0987. The third-order valence-corrected chi connectivity index (χ3v) is 4.81. The Labute approximate surface area is 124 Å². The number of rotatable bonds is 1. The molecule has 0 saturated heterocycles. The van der Waals surface area contributed by atoms with Crippen molar-refractivity contribution >= 4 is 39.3 Å². The van der Waals surface area contributed by atoms with Gasteiger partial charge in [-0.15, -0.1) is 11.8 Å². The maximum atomic E-state index is 12.7. The Bertz CT molecular complexity index is 629. The highest BCUT2D eigenvalue weighted by molar-refractivity contribution is 9.10. The van der Waals surface area contributed by atoms with Crippen LogP contribution < -0.4 is 4.90 Å². The van der Waals surface area contributed by atoms with E-state index in [0.717, 1.165) is 22.5 Å². The van der Waals surface area contributed by atoms with Gasteiger partial charge in [-0.25, -0.2) is 0 Å². The number of halogens is 1. The molecule has 0 fully saturated rings. The smallest absolute Gasteiger partial charge is 0.259 e. The molecular weight excluding hydrogens is 322 g/mol. The maximum Gasteiger partial charge on any atom is 0.259 e. The lowest BCUT2D eigenvalue weighted by atomic mass is 10.1. The van der Waals surface area contributed by atoms with Gasteiger partial charge in [-0.3, -0.25) is 4.79 Å². The second kappa shape index (κ2) is 5.39. The topological polar surface area (TPSA) is 20.3 Å². The second-order valence-corrected chi connectivity index (χ2v) is 6.24. The van der Waals surface area contributed by atoms with Crippen molar-refractivity contribution in [3.63, 3.8) is 0 Å². The number of amides is 1. The minimum absolute atomic E-state index is 0.0558. The maximum absolute atomic E-state index is 12.7. The Hall–Kier alpha value is -1.26. The number of anilines is 1. The molecule has 1 amide bonds. The summed E-state index contributed by atoms with van der Waals surface area (Å²) in [5, 5.41) is 0. The Morgan fingerprint density at radius 2 is 1.84 bits per heavy atom. The van der Waals surface area contributed by atoms with Crippen LogP contribution in [0.15, 0.2) is 57.9 Å². The average Bonchev–Trinajstić information content (AvgIpc) is 2.46. The molecule has 0 saturated carbocycles. The normalized spacial score (nSPS) is 14.1. The van der Waals surface area contributed by atoms with Crippen molar-refractivity contribution < 1.29 is 4.79 Å². The van der Waals surface area contributed by atoms with E-state index in [2.05, 4.69) is 22.0 Å². The SMILES string of the molecule is O=C(c1ccccc1Br)N1CCSc2ccccc21. The molecule has 3 rings (SSSR count). The van der Waals surface area contributed by atoms with Crippen LogP contribution in [0.4, 0.5) is 5.69 Å². The zero-order chi connectivity index (χ0) is 13.2. The van der Waals surface area contributed by atoms with Crippen LogP contribution in [0.3, 0.4) is 0 Å². The van der Waals surface area contributed by atoms with Crippen molar-refractivity contribution in [2.75, 3.05) is 17.2 Å². The Morgan fingerprint density at radius 3 is 2.68 bits per heavy atom. The van der Waals surface area contributed by atoms with Gasteiger partial charge in [0.15, 0.2) is 0 Å². The van der Waals surface area contributed by atoms with Crippen molar-refractivity contribution in [3.8, 4) is 0 Å². The number of carbonyl (C=O) groups excluding carboxylic acids is 1. The summed E-state index contributed by atoms with van der Waals surface area (Å²) in [6, 6.07) is 15.6.